The van der Waals surface area contributed by atoms with E-state index in [9.17, 15) is 43.2 Å². The van der Waals surface area contributed by atoms with Gasteiger partial charge in [-0.15, -0.1) is 0 Å². The van der Waals surface area contributed by atoms with Crippen LogP contribution < -0.4 is 0 Å². The molecular weight excluding hydrogens is 1110 g/mol. The van der Waals surface area contributed by atoms with E-state index in [-0.39, 0.29) is 25.7 Å². The van der Waals surface area contributed by atoms with Gasteiger partial charge >= 0.3 is 39.5 Å². The third-order valence-electron chi connectivity index (χ3n) is 15.4. The van der Waals surface area contributed by atoms with Crippen LogP contribution in [0.5, 0.6) is 0 Å². The molecule has 0 amide bonds. The lowest BCUT2D eigenvalue weighted by atomic mass is 9.99. The Bertz CT molecular complexity index is 1640. The Morgan fingerprint density at radius 2 is 0.571 bits per heavy atom. The Labute approximate surface area is 511 Å². The molecule has 19 heteroatoms. The van der Waals surface area contributed by atoms with Crippen molar-refractivity contribution < 1.29 is 80.2 Å². The number of aliphatic hydroxyl groups is 1. The van der Waals surface area contributed by atoms with E-state index >= 15 is 0 Å². The molecule has 0 radical (unpaired) electrons. The van der Waals surface area contributed by atoms with Gasteiger partial charge in [0.1, 0.15) is 19.3 Å². The summed E-state index contributed by atoms with van der Waals surface area (Å²) in [6, 6.07) is 0. The van der Waals surface area contributed by atoms with Crippen LogP contribution in [-0.4, -0.2) is 96.7 Å². The first-order valence-electron chi connectivity index (χ1n) is 34.2. The van der Waals surface area contributed by atoms with Crippen LogP contribution in [0.4, 0.5) is 0 Å². The molecule has 17 nitrogen and oxygen atoms in total. The van der Waals surface area contributed by atoms with Crippen molar-refractivity contribution in [2.75, 3.05) is 39.6 Å². The largest absolute Gasteiger partial charge is 0.472 e. The summed E-state index contributed by atoms with van der Waals surface area (Å²) >= 11 is 0. The average Bonchev–Trinajstić information content (AvgIpc) is 3.66. The summed E-state index contributed by atoms with van der Waals surface area (Å²) in [6.07, 6.45) is 43.3. The van der Waals surface area contributed by atoms with Gasteiger partial charge in [-0.3, -0.25) is 37.3 Å². The zero-order chi connectivity index (χ0) is 62.0. The number of ether oxygens (including phenoxy) is 4. The second-order valence-electron chi connectivity index (χ2n) is 23.7. The van der Waals surface area contributed by atoms with E-state index in [1.54, 1.807) is 0 Å². The lowest BCUT2D eigenvalue weighted by molar-refractivity contribution is -0.161. The van der Waals surface area contributed by atoms with Crippen molar-refractivity contribution in [2.45, 2.75) is 348 Å². The highest BCUT2D eigenvalue weighted by Gasteiger charge is 2.30. The van der Waals surface area contributed by atoms with Gasteiger partial charge in [0, 0.05) is 25.7 Å². The Morgan fingerprint density at radius 3 is 0.845 bits per heavy atom. The molecule has 0 bridgehead atoms. The molecule has 0 aromatic rings. The maximum Gasteiger partial charge on any atom is 0.472 e. The van der Waals surface area contributed by atoms with Gasteiger partial charge in [0.2, 0.25) is 0 Å². The Morgan fingerprint density at radius 1 is 0.333 bits per heavy atom. The average molecular weight is 1240 g/mol. The molecular formula is C65H126O17P2. The van der Waals surface area contributed by atoms with Crippen LogP contribution in [0.1, 0.15) is 330 Å². The maximum absolute atomic E-state index is 13.0. The summed E-state index contributed by atoms with van der Waals surface area (Å²) in [5.41, 5.74) is 0. The number of carbonyl (C=O) groups excluding carboxylic acids is 4. The molecule has 0 aliphatic heterocycles. The number of hydrogen-bond acceptors (Lipinski definition) is 15. The summed E-state index contributed by atoms with van der Waals surface area (Å²) in [5, 5.41) is 10.5. The van der Waals surface area contributed by atoms with Crippen molar-refractivity contribution in [3.8, 4) is 0 Å². The molecule has 6 atom stereocenters. The van der Waals surface area contributed by atoms with E-state index in [1.807, 2.05) is 0 Å². The molecule has 0 spiro atoms. The summed E-state index contributed by atoms with van der Waals surface area (Å²) in [4.78, 5) is 72.0. The maximum atomic E-state index is 13.0. The van der Waals surface area contributed by atoms with Gasteiger partial charge in [-0.05, 0) is 31.6 Å². The van der Waals surface area contributed by atoms with E-state index in [2.05, 4.69) is 34.6 Å². The predicted molar refractivity (Wildman–Crippen MR) is 335 cm³/mol. The molecule has 0 aromatic heterocycles. The zero-order valence-corrected chi connectivity index (χ0v) is 55.8. The van der Waals surface area contributed by atoms with Gasteiger partial charge in [0.25, 0.3) is 0 Å². The summed E-state index contributed by atoms with van der Waals surface area (Å²) in [7, 11) is -9.88. The number of carbonyl (C=O) groups is 4. The lowest BCUT2D eigenvalue weighted by Gasteiger charge is -2.21. The standard InChI is InChI=1S/C65H126O17P2/c1-6-10-13-16-18-20-22-23-24-25-26-32-36-41-46-51-65(70)82-61(55-76-63(68)49-44-39-34-31-28-27-29-33-38-42-47-58(5)9-4)57-80-84(73,74)78-53-59(66)52-77-83(71,72)79-56-60(54-75-62(67)48-43-37-15-12-8-3)81-64(69)50-45-40-35-30-21-19-17-14-11-7-2/h58-61,66H,6-57H2,1-5H3,(H,71,72)(H,73,74)/t58?,59-,60+,61+/m0/s1. The van der Waals surface area contributed by atoms with Crippen molar-refractivity contribution in [3.05, 3.63) is 0 Å². The molecule has 0 saturated heterocycles. The molecule has 84 heavy (non-hydrogen) atoms. The van der Waals surface area contributed by atoms with Crippen molar-refractivity contribution >= 4 is 39.5 Å². The van der Waals surface area contributed by atoms with Crippen LogP contribution in [0.3, 0.4) is 0 Å². The first-order valence-corrected chi connectivity index (χ1v) is 37.2. The minimum absolute atomic E-state index is 0.106. The van der Waals surface area contributed by atoms with Crippen LogP contribution >= 0.6 is 15.6 Å². The number of rotatable bonds is 65. The zero-order valence-electron chi connectivity index (χ0n) is 54.0. The SMILES string of the molecule is CCCCCCCCCCCCCCCCCC(=O)O[C@H](COC(=O)CCCCCCCCCCCCC(C)CC)COP(=O)(O)OC[C@@H](O)COP(=O)(O)OC[C@@H](COC(=O)CCCCCCC)OC(=O)CCCCCCCCCCCC. The van der Waals surface area contributed by atoms with Crippen LogP contribution in [0.15, 0.2) is 0 Å². The minimum Gasteiger partial charge on any atom is -0.462 e. The summed E-state index contributed by atoms with van der Waals surface area (Å²) in [6.45, 7) is 7.14. The van der Waals surface area contributed by atoms with E-state index in [1.165, 1.54) is 148 Å². The summed E-state index contributed by atoms with van der Waals surface area (Å²) < 4.78 is 67.9. The second kappa shape index (κ2) is 58.7. The summed E-state index contributed by atoms with van der Waals surface area (Å²) in [5.74, 6) is -1.33. The van der Waals surface area contributed by atoms with E-state index < -0.39 is 97.5 Å². The Hall–Kier alpha value is -1.94. The fourth-order valence-electron chi connectivity index (χ4n) is 9.73. The van der Waals surface area contributed by atoms with Crippen molar-refractivity contribution in [2.24, 2.45) is 5.92 Å². The molecule has 0 rings (SSSR count). The molecule has 0 aliphatic rings. The van der Waals surface area contributed by atoms with Crippen molar-refractivity contribution in [3.63, 3.8) is 0 Å². The fraction of sp³-hybridized carbons (Fsp3) is 0.938. The highest BCUT2D eigenvalue weighted by molar-refractivity contribution is 7.47. The predicted octanol–water partition coefficient (Wildman–Crippen LogP) is 18.2. The Balaban J connectivity index is 5.17. The number of esters is 4. The number of aliphatic hydroxyl groups excluding tert-OH is 1. The van der Waals surface area contributed by atoms with Gasteiger partial charge in [-0.25, -0.2) is 9.13 Å². The number of unbranched alkanes of at least 4 members (excludes halogenated alkanes) is 36. The van der Waals surface area contributed by atoms with Gasteiger partial charge in [0.15, 0.2) is 12.2 Å². The van der Waals surface area contributed by atoms with Gasteiger partial charge in [0.05, 0.1) is 26.4 Å². The minimum atomic E-state index is -4.94. The normalized spacial score (nSPS) is 14.5. The van der Waals surface area contributed by atoms with E-state index in [0.29, 0.717) is 25.7 Å². The van der Waals surface area contributed by atoms with Crippen LogP contribution in [-0.2, 0) is 65.4 Å². The molecule has 498 valence electrons. The van der Waals surface area contributed by atoms with Crippen LogP contribution in [0.25, 0.3) is 0 Å². The van der Waals surface area contributed by atoms with Gasteiger partial charge in [-0.2, -0.15) is 0 Å². The highest BCUT2D eigenvalue weighted by atomic mass is 31.2. The monoisotopic (exact) mass is 1240 g/mol. The van der Waals surface area contributed by atoms with E-state index in [4.69, 9.17) is 37.0 Å². The molecule has 0 aliphatic carbocycles. The topological polar surface area (TPSA) is 237 Å². The Kier molecular flexibility index (Phi) is 57.4. The molecule has 3 unspecified atom stereocenters. The highest BCUT2D eigenvalue weighted by Crippen LogP contribution is 2.45. The lowest BCUT2D eigenvalue weighted by Crippen LogP contribution is -2.30. The molecule has 0 fully saturated rings. The van der Waals surface area contributed by atoms with Crippen molar-refractivity contribution in [1.82, 2.24) is 0 Å². The first-order chi connectivity index (χ1) is 40.6. The second-order valence-corrected chi connectivity index (χ2v) is 26.7. The van der Waals surface area contributed by atoms with Crippen LogP contribution in [0, 0.1) is 5.92 Å². The number of phosphoric acid groups is 2. The number of hydrogen-bond donors (Lipinski definition) is 3. The first kappa shape index (κ1) is 82.1. The van der Waals surface area contributed by atoms with E-state index in [0.717, 1.165) is 102 Å². The molecule has 0 saturated carbocycles. The third-order valence-corrected chi connectivity index (χ3v) is 17.3. The van der Waals surface area contributed by atoms with Crippen LogP contribution in [0.2, 0.25) is 0 Å². The van der Waals surface area contributed by atoms with Crippen molar-refractivity contribution in [1.29, 1.82) is 0 Å². The van der Waals surface area contributed by atoms with Gasteiger partial charge in [-0.1, -0.05) is 279 Å². The third kappa shape index (κ3) is 57.8. The fourth-order valence-corrected chi connectivity index (χ4v) is 11.3. The smallest absolute Gasteiger partial charge is 0.462 e. The number of phosphoric ester groups is 2. The molecule has 0 aromatic carbocycles. The molecule has 0 heterocycles. The quantitative estimate of drug-likeness (QED) is 0.0222. The molecule has 3 N–H and O–H groups in total. The van der Waals surface area contributed by atoms with Gasteiger partial charge < -0.3 is 33.8 Å².